The molecule has 5 rings (SSSR count). The Morgan fingerprint density at radius 1 is 1.11 bits per heavy atom. The number of hydrogen-bond acceptors (Lipinski definition) is 7. The molecule has 1 saturated heterocycles. The lowest BCUT2D eigenvalue weighted by atomic mass is 9.46. The first-order chi connectivity index (χ1) is 16.5. The zero-order valence-electron chi connectivity index (χ0n) is 21.3. The number of epoxide rings is 1. The van der Waals surface area contributed by atoms with Gasteiger partial charge in [-0.3, -0.25) is 19.2 Å². The number of carbonyl (C=O) groups excluding carboxylic acids is 4. The maximum atomic E-state index is 13.9. The minimum Gasteiger partial charge on any atom is -0.457 e. The summed E-state index contributed by atoms with van der Waals surface area (Å²) < 4.78 is 18.0. The lowest BCUT2D eigenvalue weighted by molar-refractivity contribution is -0.194. The lowest BCUT2D eigenvalue weighted by Gasteiger charge is -2.56. The first kappa shape index (κ1) is 24.4. The van der Waals surface area contributed by atoms with Crippen LogP contribution in [0, 0.1) is 28.6 Å². The summed E-state index contributed by atoms with van der Waals surface area (Å²) in [5.74, 6) is -1.14. The topological polar surface area (TPSA) is 99.3 Å². The fourth-order valence-electron chi connectivity index (χ4n) is 8.44. The molecule has 0 bridgehead atoms. The number of esters is 2. The second kappa shape index (κ2) is 7.86. The zero-order valence-corrected chi connectivity index (χ0v) is 21.3. The Hall–Kier alpha value is -2.28. The molecule has 2 unspecified atom stereocenters. The van der Waals surface area contributed by atoms with Crippen molar-refractivity contribution >= 4 is 23.5 Å². The molecule has 190 valence electrons. The van der Waals surface area contributed by atoms with E-state index in [2.05, 4.69) is 13.8 Å². The van der Waals surface area contributed by atoms with Gasteiger partial charge < -0.3 is 14.2 Å². The van der Waals surface area contributed by atoms with E-state index in [1.807, 2.05) is 13.0 Å². The fraction of sp³-hybridized carbons (Fsp3) is 0.714. The smallest absolute Gasteiger partial charge is 0.306 e. The van der Waals surface area contributed by atoms with E-state index >= 15 is 0 Å². The highest BCUT2D eigenvalue weighted by atomic mass is 16.6. The first-order valence-corrected chi connectivity index (χ1v) is 13.0. The van der Waals surface area contributed by atoms with E-state index in [0.717, 1.165) is 24.8 Å². The number of Topliss-reactive ketones (excluding diaryl/α,β-unsaturated/α-hetero) is 1. The normalized spacial score (nSPS) is 44.8. The molecule has 0 amide bonds. The Morgan fingerprint density at radius 3 is 2.51 bits per heavy atom. The van der Waals surface area contributed by atoms with E-state index in [1.54, 1.807) is 26.0 Å². The SMILES string of the molecule is CCC(=O)OCC(=O)[C@]1(OC(=O)CC)[C@H](C)C[C@H]2[C@@H]3CCC4=CC(=O)C=C[C@]4(C)C34OC4C[C@@]21C. The largest absolute Gasteiger partial charge is 0.457 e. The molecular formula is C28H36O7. The highest BCUT2D eigenvalue weighted by Gasteiger charge is 2.83. The summed E-state index contributed by atoms with van der Waals surface area (Å²) in [6, 6.07) is 0. The van der Waals surface area contributed by atoms with Gasteiger partial charge in [-0.1, -0.05) is 39.3 Å². The van der Waals surface area contributed by atoms with Gasteiger partial charge in [0.25, 0.3) is 0 Å². The van der Waals surface area contributed by atoms with Crippen LogP contribution in [0.15, 0.2) is 23.8 Å². The molecule has 7 nitrogen and oxygen atoms in total. The third-order valence-electron chi connectivity index (χ3n) is 10.1. The molecule has 4 aliphatic carbocycles. The van der Waals surface area contributed by atoms with E-state index in [4.69, 9.17) is 14.2 Å². The van der Waals surface area contributed by atoms with Crippen molar-refractivity contribution in [2.24, 2.45) is 28.6 Å². The standard InChI is InChI=1S/C28H36O7/c1-6-23(31)33-15-21(30)27(35-24(32)7-2)16(3)12-20-19-9-8-17-13-18(29)10-11-25(17,4)28(19)22(34-28)14-26(20,27)5/h10-11,13,16,19-20,22H,6-9,12,14-15H2,1-5H3/t16-,19+,20+,22?,25+,26+,27-,28?/m1/s1. The van der Waals surface area contributed by atoms with Crippen molar-refractivity contribution in [3.05, 3.63) is 23.8 Å². The summed E-state index contributed by atoms with van der Waals surface area (Å²) in [5, 5.41) is 0. The van der Waals surface area contributed by atoms with E-state index in [-0.39, 0.29) is 53.7 Å². The molecule has 0 aromatic carbocycles. The van der Waals surface area contributed by atoms with Gasteiger partial charge in [-0.05, 0) is 56.6 Å². The van der Waals surface area contributed by atoms with Crippen LogP contribution in [0.4, 0.5) is 0 Å². The molecule has 0 N–H and O–H groups in total. The molecule has 0 radical (unpaired) electrons. The Morgan fingerprint density at radius 2 is 1.83 bits per heavy atom. The number of allylic oxidation sites excluding steroid dienone is 2. The molecule has 0 aromatic heterocycles. The second-order valence-electron chi connectivity index (χ2n) is 11.5. The molecule has 0 aromatic rings. The predicted octanol–water partition coefficient (Wildman–Crippen LogP) is 3.89. The van der Waals surface area contributed by atoms with Crippen molar-refractivity contribution in [1.29, 1.82) is 0 Å². The molecule has 7 heteroatoms. The van der Waals surface area contributed by atoms with Crippen LogP contribution in [-0.4, -0.2) is 47.4 Å². The van der Waals surface area contributed by atoms with Crippen LogP contribution in [0.2, 0.25) is 0 Å². The van der Waals surface area contributed by atoms with Crippen molar-refractivity contribution < 1.29 is 33.4 Å². The maximum absolute atomic E-state index is 13.9. The molecule has 1 heterocycles. The molecule has 4 fully saturated rings. The molecule has 5 aliphatic rings. The number of ether oxygens (including phenoxy) is 3. The number of carbonyl (C=O) groups is 4. The Kier molecular flexibility index (Phi) is 5.48. The molecular weight excluding hydrogens is 448 g/mol. The summed E-state index contributed by atoms with van der Waals surface area (Å²) in [4.78, 5) is 50.5. The number of fused-ring (bicyclic) bond motifs is 3. The minimum absolute atomic E-state index is 0.0254. The Labute approximate surface area is 206 Å². The highest BCUT2D eigenvalue weighted by molar-refractivity contribution is 6.01. The summed E-state index contributed by atoms with van der Waals surface area (Å²) in [5.41, 5.74) is -1.64. The van der Waals surface area contributed by atoms with E-state index < -0.39 is 35.2 Å². The summed E-state index contributed by atoms with van der Waals surface area (Å²) in [6.07, 6.45) is 8.66. The minimum atomic E-state index is -1.37. The van der Waals surface area contributed by atoms with Crippen LogP contribution in [0.5, 0.6) is 0 Å². The quantitative estimate of drug-likeness (QED) is 0.417. The number of rotatable bonds is 6. The summed E-state index contributed by atoms with van der Waals surface area (Å²) in [6.45, 7) is 9.24. The zero-order chi connectivity index (χ0) is 25.4. The van der Waals surface area contributed by atoms with Crippen molar-refractivity contribution in [3.8, 4) is 0 Å². The second-order valence-corrected chi connectivity index (χ2v) is 11.5. The van der Waals surface area contributed by atoms with Crippen LogP contribution < -0.4 is 0 Å². The van der Waals surface area contributed by atoms with Crippen molar-refractivity contribution in [1.82, 2.24) is 0 Å². The average molecular weight is 485 g/mol. The average Bonchev–Trinajstić information content (AvgIpc) is 3.50. The van der Waals surface area contributed by atoms with Crippen LogP contribution in [0.3, 0.4) is 0 Å². The lowest BCUT2D eigenvalue weighted by Crippen LogP contribution is -2.63. The van der Waals surface area contributed by atoms with E-state index in [0.29, 0.717) is 6.42 Å². The fourth-order valence-corrected chi connectivity index (χ4v) is 8.44. The van der Waals surface area contributed by atoms with Gasteiger partial charge in [0.1, 0.15) is 5.60 Å². The van der Waals surface area contributed by atoms with Gasteiger partial charge in [0, 0.05) is 29.6 Å². The highest BCUT2D eigenvalue weighted by Crippen LogP contribution is 2.77. The third kappa shape index (κ3) is 3.00. The Balaban J connectivity index is 1.55. The number of hydrogen-bond donors (Lipinski definition) is 0. The summed E-state index contributed by atoms with van der Waals surface area (Å²) in [7, 11) is 0. The van der Waals surface area contributed by atoms with Crippen LogP contribution in [0.25, 0.3) is 0 Å². The first-order valence-electron chi connectivity index (χ1n) is 13.0. The van der Waals surface area contributed by atoms with Gasteiger partial charge in [-0.25, -0.2) is 0 Å². The van der Waals surface area contributed by atoms with Gasteiger partial charge in [0.05, 0.1) is 6.10 Å². The monoisotopic (exact) mass is 484 g/mol. The van der Waals surface area contributed by atoms with Gasteiger partial charge in [0.2, 0.25) is 5.78 Å². The van der Waals surface area contributed by atoms with Crippen LogP contribution >= 0.6 is 0 Å². The van der Waals surface area contributed by atoms with Gasteiger partial charge in [-0.2, -0.15) is 0 Å². The molecule has 35 heavy (non-hydrogen) atoms. The van der Waals surface area contributed by atoms with Crippen LogP contribution in [0.1, 0.15) is 73.1 Å². The van der Waals surface area contributed by atoms with Gasteiger partial charge in [-0.15, -0.1) is 0 Å². The van der Waals surface area contributed by atoms with Gasteiger partial charge in [0.15, 0.2) is 18.0 Å². The third-order valence-corrected chi connectivity index (χ3v) is 10.1. The summed E-state index contributed by atoms with van der Waals surface area (Å²) >= 11 is 0. The van der Waals surface area contributed by atoms with Crippen molar-refractivity contribution in [2.45, 2.75) is 90.4 Å². The van der Waals surface area contributed by atoms with Crippen LogP contribution in [-0.2, 0) is 33.4 Å². The van der Waals surface area contributed by atoms with E-state index in [9.17, 15) is 19.2 Å². The van der Waals surface area contributed by atoms with Crippen molar-refractivity contribution in [3.63, 3.8) is 0 Å². The van der Waals surface area contributed by atoms with Crippen molar-refractivity contribution in [2.75, 3.05) is 6.61 Å². The maximum Gasteiger partial charge on any atom is 0.306 e. The van der Waals surface area contributed by atoms with E-state index in [1.165, 1.54) is 0 Å². The molecule has 1 spiro atoms. The molecule has 1 aliphatic heterocycles. The number of ketones is 2. The van der Waals surface area contributed by atoms with Gasteiger partial charge >= 0.3 is 11.9 Å². The molecule has 8 atom stereocenters. The molecule has 3 saturated carbocycles. The predicted molar refractivity (Wildman–Crippen MR) is 126 cm³/mol. The Bertz CT molecular complexity index is 1060.